The minimum atomic E-state index is -6.07. The third-order valence-corrected chi connectivity index (χ3v) is 14.8. The number of hydrogen-bond acceptors (Lipinski definition) is 6. The van der Waals surface area contributed by atoms with E-state index in [-0.39, 0.29) is 12.0 Å². The lowest BCUT2D eigenvalue weighted by molar-refractivity contribution is -0.120. The third-order valence-electron chi connectivity index (χ3n) is 8.18. The second-order valence-corrected chi connectivity index (χ2v) is 18.7. The van der Waals surface area contributed by atoms with Crippen LogP contribution in [-0.4, -0.2) is 69.1 Å². The maximum absolute atomic E-state index is 14.9. The van der Waals surface area contributed by atoms with E-state index < -0.39 is 94.6 Å². The van der Waals surface area contributed by atoms with Crippen LogP contribution in [0.2, 0.25) is 12.6 Å². The van der Waals surface area contributed by atoms with Crippen LogP contribution in [0.3, 0.4) is 0 Å². The normalized spacial score (nSPS) is 15.8. The van der Waals surface area contributed by atoms with Crippen molar-refractivity contribution in [3.63, 3.8) is 0 Å². The molecule has 0 spiro atoms. The molecular weight excluding hydrogens is 777 g/mol. The minimum Gasteiger partial charge on any atom is -0.492 e. The molecule has 300 valence electrons. The summed E-state index contributed by atoms with van der Waals surface area (Å²) in [5, 5.41) is 0. The second kappa shape index (κ2) is 17.2. The van der Waals surface area contributed by atoms with Crippen LogP contribution in [-0.2, 0) is 22.8 Å². The number of halogens is 12. The smallest absolute Gasteiger partial charge is 0.492 e. The average molecular weight is 817 g/mol. The molecule has 0 aliphatic carbocycles. The van der Waals surface area contributed by atoms with Crippen LogP contribution < -0.4 is 9.47 Å². The summed E-state index contributed by atoms with van der Waals surface area (Å²) in [6, 6.07) is 9.49. The summed E-state index contributed by atoms with van der Waals surface area (Å²) < 4.78 is 200. The van der Waals surface area contributed by atoms with Gasteiger partial charge in [-0.3, -0.25) is 0 Å². The topological polar surface area (TPSA) is 55.4 Å². The van der Waals surface area contributed by atoms with Gasteiger partial charge in [-0.2, -0.15) is 43.9 Å². The first-order valence-electron chi connectivity index (χ1n) is 15.7. The molecule has 0 N–H and O–H groups in total. The molecule has 0 radical (unpaired) electrons. The standard InChI is InChI=1S/C33H40F12O6Si2/c1-9-30(36,37)27(35)26(34)25(33(43,44)45)28(31(38,39)10-2)50-24-17-13-22(14-18-24)29(3,4)21-11-15-23(16-12-21)49-20-52(8,46-5)51-53(47-6,48-7)19-32(40,41)42/h11-18H,9-10,19-20H2,1-8H3/b27-26-,28-25-. The fraction of sp³-hybridized carbons (Fsp3) is 0.515. The summed E-state index contributed by atoms with van der Waals surface area (Å²) in [4.78, 5) is 0. The van der Waals surface area contributed by atoms with Crippen molar-refractivity contribution in [3.05, 3.63) is 82.6 Å². The maximum Gasteiger partial charge on any atom is 0.500 e. The van der Waals surface area contributed by atoms with Gasteiger partial charge < -0.3 is 26.9 Å². The molecule has 0 aliphatic heterocycles. The fourth-order valence-electron chi connectivity index (χ4n) is 4.71. The van der Waals surface area contributed by atoms with Crippen LogP contribution in [0.4, 0.5) is 52.7 Å². The highest BCUT2D eigenvalue weighted by atomic mass is 28.5. The van der Waals surface area contributed by atoms with Crippen molar-refractivity contribution in [2.24, 2.45) is 0 Å². The molecule has 0 amide bonds. The largest absolute Gasteiger partial charge is 0.500 e. The lowest BCUT2D eigenvalue weighted by atomic mass is 9.78. The molecule has 0 aromatic heterocycles. The average Bonchev–Trinajstić information content (AvgIpc) is 3.08. The molecule has 53 heavy (non-hydrogen) atoms. The van der Waals surface area contributed by atoms with Crippen molar-refractivity contribution >= 4 is 17.4 Å². The van der Waals surface area contributed by atoms with Crippen LogP contribution in [0, 0.1) is 0 Å². The minimum absolute atomic E-state index is 0.260. The predicted molar refractivity (Wildman–Crippen MR) is 174 cm³/mol. The quantitative estimate of drug-likeness (QED) is 0.0647. The van der Waals surface area contributed by atoms with Crippen molar-refractivity contribution < 1.29 is 79.6 Å². The lowest BCUT2D eigenvalue weighted by Crippen LogP contribution is -2.58. The Morgan fingerprint density at radius 2 is 1.11 bits per heavy atom. The van der Waals surface area contributed by atoms with E-state index in [0.717, 1.165) is 33.3 Å². The van der Waals surface area contributed by atoms with Gasteiger partial charge in [0.2, 0.25) is 5.83 Å². The maximum atomic E-state index is 14.9. The number of hydrogen-bond donors (Lipinski definition) is 0. The highest BCUT2D eigenvalue weighted by Gasteiger charge is 2.55. The molecule has 2 aromatic rings. The first-order chi connectivity index (χ1) is 24.2. The second-order valence-electron chi connectivity index (χ2n) is 12.3. The molecule has 20 heteroatoms. The van der Waals surface area contributed by atoms with Crippen molar-refractivity contribution in [2.75, 3.05) is 27.6 Å². The Hall–Kier alpha value is -3.05. The van der Waals surface area contributed by atoms with Crippen LogP contribution in [0.5, 0.6) is 11.5 Å². The van der Waals surface area contributed by atoms with Gasteiger partial charge in [0, 0.05) is 39.6 Å². The van der Waals surface area contributed by atoms with Crippen molar-refractivity contribution in [1.82, 2.24) is 0 Å². The Morgan fingerprint density at radius 3 is 1.49 bits per heavy atom. The Balaban J connectivity index is 2.40. The van der Waals surface area contributed by atoms with Gasteiger partial charge in [0.05, 0.1) is 0 Å². The van der Waals surface area contributed by atoms with E-state index in [4.69, 9.17) is 26.9 Å². The van der Waals surface area contributed by atoms with E-state index in [1.165, 1.54) is 37.9 Å². The highest BCUT2D eigenvalue weighted by molar-refractivity contribution is 6.77. The SMILES string of the molecule is CCC(F)(F)/C(F)=C(F)\C(=C(\Oc1ccc(C(C)(C)c2ccc(OC[Si](C)(OC)O[Si](CC(F)(F)F)(OC)OC)cc2)cc1)C(F)(F)CC)C(F)(F)F. The first kappa shape index (κ1) is 46.1. The number of allylic oxidation sites excluding steroid dienone is 4. The Bertz CT molecular complexity index is 1570. The van der Waals surface area contributed by atoms with Gasteiger partial charge >= 0.3 is 41.6 Å². The molecule has 0 aliphatic rings. The molecule has 1 unspecified atom stereocenters. The van der Waals surface area contributed by atoms with Crippen LogP contribution in [0.1, 0.15) is 51.7 Å². The zero-order chi connectivity index (χ0) is 40.8. The van der Waals surface area contributed by atoms with Gasteiger partial charge in [0.25, 0.3) is 0 Å². The number of benzene rings is 2. The Labute approximate surface area is 301 Å². The van der Waals surface area contributed by atoms with E-state index in [1.807, 2.05) is 0 Å². The van der Waals surface area contributed by atoms with Gasteiger partial charge in [0.1, 0.15) is 29.3 Å². The molecule has 1 atom stereocenters. The summed E-state index contributed by atoms with van der Waals surface area (Å²) in [5.74, 6) is -18.5. The first-order valence-corrected chi connectivity index (χ1v) is 20.2. The van der Waals surface area contributed by atoms with Crippen molar-refractivity contribution in [2.45, 2.75) is 82.7 Å². The van der Waals surface area contributed by atoms with Crippen molar-refractivity contribution in [1.29, 1.82) is 0 Å². The van der Waals surface area contributed by atoms with E-state index in [2.05, 4.69) is 0 Å². The third kappa shape index (κ3) is 11.7. The highest BCUT2D eigenvalue weighted by Crippen LogP contribution is 2.46. The summed E-state index contributed by atoms with van der Waals surface area (Å²) in [7, 11) is -4.37. The summed E-state index contributed by atoms with van der Waals surface area (Å²) >= 11 is 0. The van der Waals surface area contributed by atoms with Gasteiger partial charge in [-0.15, -0.1) is 0 Å². The van der Waals surface area contributed by atoms with Gasteiger partial charge in [0.15, 0.2) is 11.6 Å². The molecule has 6 nitrogen and oxygen atoms in total. The van der Waals surface area contributed by atoms with E-state index in [1.54, 1.807) is 26.0 Å². The number of ether oxygens (including phenoxy) is 2. The monoisotopic (exact) mass is 816 g/mol. The van der Waals surface area contributed by atoms with E-state index in [9.17, 15) is 52.7 Å². The Morgan fingerprint density at radius 1 is 0.660 bits per heavy atom. The zero-order valence-corrected chi connectivity index (χ0v) is 31.9. The van der Waals surface area contributed by atoms with Gasteiger partial charge in [-0.05, 0) is 41.9 Å². The van der Waals surface area contributed by atoms with E-state index in [0.29, 0.717) is 18.1 Å². The molecular formula is C33H40F12O6Si2. The molecule has 2 aromatic carbocycles. The molecule has 0 bridgehead atoms. The molecule has 0 fully saturated rings. The Kier molecular flexibility index (Phi) is 14.9. The fourth-order valence-corrected chi connectivity index (χ4v) is 10.4. The summed E-state index contributed by atoms with van der Waals surface area (Å²) in [5.41, 5.74) is -2.78. The van der Waals surface area contributed by atoms with Crippen LogP contribution >= 0.6 is 0 Å². The van der Waals surface area contributed by atoms with Crippen molar-refractivity contribution in [3.8, 4) is 11.5 Å². The van der Waals surface area contributed by atoms with Gasteiger partial charge in [-0.25, -0.2) is 8.78 Å². The number of alkyl halides is 10. The lowest BCUT2D eigenvalue weighted by Gasteiger charge is -2.35. The summed E-state index contributed by atoms with van der Waals surface area (Å²) in [6.45, 7) is 6.33. The molecule has 2 rings (SSSR count). The predicted octanol–water partition coefficient (Wildman–Crippen LogP) is 10.9. The van der Waals surface area contributed by atoms with Gasteiger partial charge in [-0.1, -0.05) is 52.0 Å². The van der Waals surface area contributed by atoms with Crippen LogP contribution in [0.25, 0.3) is 0 Å². The van der Waals surface area contributed by atoms with Crippen LogP contribution in [0.15, 0.2) is 71.5 Å². The summed E-state index contributed by atoms with van der Waals surface area (Å²) in [6.07, 6.45) is -13.8. The molecule has 0 heterocycles. The van der Waals surface area contributed by atoms with E-state index >= 15 is 0 Å². The number of rotatable bonds is 18. The molecule has 0 saturated heterocycles. The molecule has 0 saturated carbocycles. The zero-order valence-electron chi connectivity index (χ0n) is 29.9.